The third-order valence-electron chi connectivity index (χ3n) is 3.82. The standard InChI is InChI=1S/C18H24BrF2NO4/c1-18(2,3)26-17(23)22(13-6-8-24-9-7-13)11-12-4-5-15(14(19)10-12)25-16(20)21/h4-5,10,13,16H,6-9,11H2,1-3H3. The Hall–Kier alpha value is -1.41. The van der Waals surface area contributed by atoms with E-state index in [4.69, 9.17) is 9.47 Å². The van der Waals surface area contributed by atoms with Crippen molar-refractivity contribution in [2.45, 2.75) is 58.4 Å². The molecule has 0 aliphatic carbocycles. The summed E-state index contributed by atoms with van der Waals surface area (Å²) < 4.78 is 40.5. The Kier molecular flexibility index (Phi) is 7.23. The number of carbonyl (C=O) groups is 1. The molecule has 1 aliphatic rings. The second-order valence-electron chi connectivity index (χ2n) is 7.10. The van der Waals surface area contributed by atoms with Crippen LogP contribution in [0.5, 0.6) is 5.75 Å². The van der Waals surface area contributed by atoms with Crippen molar-refractivity contribution in [2.75, 3.05) is 13.2 Å². The molecule has 5 nitrogen and oxygen atoms in total. The maximum Gasteiger partial charge on any atom is 0.410 e. The predicted molar refractivity (Wildman–Crippen MR) is 96.4 cm³/mol. The Labute approximate surface area is 160 Å². The highest BCUT2D eigenvalue weighted by molar-refractivity contribution is 9.10. The first-order chi connectivity index (χ1) is 12.2. The van der Waals surface area contributed by atoms with Crippen molar-refractivity contribution >= 4 is 22.0 Å². The molecular formula is C18H24BrF2NO4. The van der Waals surface area contributed by atoms with Crippen molar-refractivity contribution in [3.63, 3.8) is 0 Å². The van der Waals surface area contributed by atoms with Crippen molar-refractivity contribution in [1.82, 2.24) is 4.90 Å². The summed E-state index contributed by atoms with van der Waals surface area (Å²) in [4.78, 5) is 14.4. The number of hydrogen-bond acceptors (Lipinski definition) is 4. The number of benzene rings is 1. The van der Waals surface area contributed by atoms with E-state index in [2.05, 4.69) is 20.7 Å². The maximum absolute atomic E-state index is 12.7. The Balaban J connectivity index is 2.17. The molecule has 0 bridgehead atoms. The van der Waals surface area contributed by atoms with E-state index in [9.17, 15) is 13.6 Å². The van der Waals surface area contributed by atoms with E-state index in [-0.39, 0.29) is 11.8 Å². The predicted octanol–water partition coefficient (Wildman–Crippen LogP) is 4.97. The molecule has 0 radical (unpaired) electrons. The Morgan fingerprint density at radius 3 is 2.54 bits per heavy atom. The molecule has 0 saturated carbocycles. The SMILES string of the molecule is CC(C)(C)OC(=O)N(Cc1ccc(OC(F)F)c(Br)c1)C1CCOCC1. The first-order valence-corrected chi connectivity index (χ1v) is 9.25. The van der Waals surface area contributed by atoms with Crippen LogP contribution in [0.4, 0.5) is 13.6 Å². The van der Waals surface area contributed by atoms with E-state index in [0.29, 0.717) is 24.2 Å². The highest BCUT2D eigenvalue weighted by Gasteiger charge is 2.30. The van der Waals surface area contributed by atoms with E-state index in [1.165, 1.54) is 6.07 Å². The summed E-state index contributed by atoms with van der Waals surface area (Å²) in [6.45, 7) is 4.06. The average molecular weight is 436 g/mol. The Morgan fingerprint density at radius 2 is 2.00 bits per heavy atom. The molecule has 0 atom stereocenters. The summed E-state index contributed by atoms with van der Waals surface area (Å²) >= 11 is 3.23. The van der Waals surface area contributed by atoms with Crippen LogP contribution < -0.4 is 4.74 Å². The van der Waals surface area contributed by atoms with Gasteiger partial charge in [0.1, 0.15) is 11.4 Å². The summed E-state index contributed by atoms with van der Waals surface area (Å²) in [5, 5.41) is 0. The topological polar surface area (TPSA) is 48.0 Å². The molecule has 1 fully saturated rings. The number of ether oxygens (including phenoxy) is 3. The van der Waals surface area contributed by atoms with Crippen LogP contribution in [0.25, 0.3) is 0 Å². The normalized spacial score (nSPS) is 15.8. The number of carbonyl (C=O) groups excluding carboxylic acids is 1. The molecule has 1 heterocycles. The lowest BCUT2D eigenvalue weighted by Gasteiger charge is -2.35. The van der Waals surface area contributed by atoms with Crippen LogP contribution in [0, 0.1) is 0 Å². The van der Waals surface area contributed by atoms with Crippen LogP contribution in [-0.4, -0.2) is 42.5 Å². The molecule has 1 aromatic carbocycles. The minimum absolute atomic E-state index is 0.00867. The molecule has 146 valence electrons. The average Bonchev–Trinajstić information content (AvgIpc) is 2.54. The van der Waals surface area contributed by atoms with Gasteiger partial charge in [-0.2, -0.15) is 8.78 Å². The van der Waals surface area contributed by atoms with Gasteiger partial charge in [0, 0.05) is 25.8 Å². The van der Waals surface area contributed by atoms with E-state index >= 15 is 0 Å². The lowest BCUT2D eigenvalue weighted by atomic mass is 10.1. The first-order valence-electron chi connectivity index (χ1n) is 8.46. The Morgan fingerprint density at radius 1 is 1.35 bits per heavy atom. The molecule has 1 saturated heterocycles. The fourth-order valence-corrected chi connectivity index (χ4v) is 3.21. The van der Waals surface area contributed by atoms with Gasteiger partial charge in [-0.05, 0) is 67.2 Å². The largest absolute Gasteiger partial charge is 0.444 e. The van der Waals surface area contributed by atoms with Crippen LogP contribution in [0.1, 0.15) is 39.2 Å². The second-order valence-corrected chi connectivity index (χ2v) is 7.95. The highest BCUT2D eigenvalue weighted by Crippen LogP contribution is 2.29. The van der Waals surface area contributed by atoms with Gasteiger partial charge in [-0.25, -0.2) is 4.79 Å². The lowest BCUT2D eigenvalue weighted by molar-refractivity contribution is -0.0503. The Bertz CT molecular complexity index is 616. The van der Waals surface area contributed by atoms with Gasteiger partial charge in [-0.1, -0.05) is 6.07 Å². The van der Waals surface area contributed by atoms with Crippen LogP contribution in [-0.2, 0) is 16.0 Å². The minimum atomic E-state index is -2.89. The van der Waals surface area contributed by atoms with Gasteiger partial charge < -0.3 is 19.1 Å². The summed E-state index contributed by atoms with van der Waals surface area (Å²) in [6.07, 6.45) is 1.06. The zero-order valence-corrected chi connectivity index (χ0v) is 16.7. The number of hydrogen-bond donors (Lipinski definition) is 0. The van der Waals surface area contributed by atoms with Gasteiger partial charge in [-0.15, -0.1) is 0 Å². The molecule has 0 unspecified atom stereocenters. The van der Waals surface area contributed by atoms with Gasteiger partial charge in [0.2, 0.25) is 0 Å². The summed E-state index contributed by atoms with van der Waals surface area (Å²) in [5.74, 6) is 0.0543. The van der Waals surface area contributed by atoms with Crippen molar-refractivity contribution in [2.24, 2.45) is 0 Å². The van der Waals surface area contributed by atoms with E-state index in [0.717, 1.165) is 18.4 Å². The number of halogens is 3. The van der Waals surface area contributed by atoms with E-state index < -0.39 is 18.3 Å². The summed E-state index contributed by atoms with van der Waals surface area (Å²) in [6, 6.07) is 4.81. The van der Waals surface area contributed by atoms with E-state index in [1.807, 2.05) is 20.8 Å². The van der Waals surface area contributed by atoms with Gasteiger partial charge in [0.25, 0.3) is 0 Å². The summed E-state index contributed by atoms with van der Waals surface area (Å²) in [5.41, 5.74) is 0.187. The van der Waals surface area contributed by atoms with Crippen LogP contribution in [0.15, 0.2) is 22.7 Å². The smallest absolute Gasteiger partial charge is 0.410 e. The zero-order valence-electron chi connectivity index (χ0n) is 15.1. The molecule has 26 heavy (non-hydrogen) atoms. The highest BCUT2D eigenvalue weighted by atomic mass is 79.9. The fraction of sp³-hybridized carbons (Fsp3) is 0.611. The number of rotatable bonds is 5. The maximum atomic E-state index is 12.7. The van der Waals surface area contributed by atoms with Crippen LogP contribution in [0.2, 0.25) is 0 Å². The van der Waals surface area contributed by atoms with Gasteiger partial charge in [0.05, 0.1) is 4.47 Å². The fourth-order valence-electron chi connectivity index (χ4n) is 2.69. The molecule has 8 heteroatoms. The lowest BCUT2D eigenvalue weighted by Crippen LogP contribution is -2.45. The molecular weight excluding hydrogens is 412 g/mol. The van der Waals surface area contributed by atoms with Crippen LogP contribution >= 0.6 is 15.9 Å². The molecule has 0 aromatic heterocycles. The van der Waals surface area contributed by atoms with Gasteiger partial charge in [-0.3, -0.25) is 0 Å². The van der Waals surface area contributed by atoms with Crippen molar-refractivity contribution < 1.29 is 27.8 Å². The quantitative estimate of drug-likeness (QED) is 0.655. The van der Waals surface area contributed by atoms with Gasteiger partial charge in [0.15, 0.2) is 0 Å². The second kappa shape index (κ2) is 8.99. The number of amides is 1. The molecule has 0 N–H and O–H groups in total. The molecule has 1 aliphatic heterocycles. The van der Waals surface area contributed by atoms with E-state index in [1.54, 1.807) is 17.0 Å². The molecule has 1 amide bonds. The monoisotopic (exact) mass is 435 g/mol. The third-order valence-corrected chi connectivity index (χ3v) is 4.44. The first kappa shape index (κ1) is 20.9. The van der Waals surface area contributed by atoms with Gasteiger partial charge >= 0.3 is 12.7 Å². The van der Waals surface area contributed by atoms with Crippen molar-refractivity contribution in [3.05, 3.63) is 28.2 Å². The third kappa shape index (κ3) is 6.39. The number of alkyl halides is 2. The summed E-state index contributed by atoms with van der Waals surface area (Å²) in [7, 11) is 0. The van der Waals surface area contributed by atoms with Crippen molar-refractivity contribution in [3.8, 4) is 5.75 Å². The zero-order chi connectivity index (χ0) is 19.3. The van der Waals surface area contributed by atoms with Crippen molar-refractivity contribution in [1.29, 1.82) is 0 Å². The number of nitrogens with zero attached hydrogens (tertiary/aromatic N) is 1. The molecule has 0 spiro atoms. The molecule has 2 rings (SSSR count). The minimum Gasteiger partial charge on any atom is -0.444 e. The molecule has 1 aromatic rings. The van der Waals surface area contributed by atoms with Crippen LogP contribution in [0.3, 0.4) is 0 Å².